The van der Waals surface area contributed by atoms with E-state index in [-0.39, 0.29) is 6.61 Å². The molecule has 1 N–H and O–H groups in total. The highest BCUT2D eigenvalue weighted by Gasteiger charge is 2.19. The van der Waals surface area contributed by atoms with Crippen LogP contribution in [-0.2, 0) is 17.6 Å². The van der Waals surface area contributed by atoms with Crippen molar-refractivity contribution in [2.45, 2.75) is 35.5 Å². The highest BCUT2D eigenvalue weighted by molar-refractivity contribution is 7.99. The van der Waals surface area contributed by atoms with Gasteiger partial charge in [0, 0.05) is 15.4 Å². The number of rotatable bonds is 6. The van der Waals surface area contributed by atoms with Crippen molar-refractivity contribution in [3.05, 3.63) is 52.0 Å². The van der Waals surface area contributed by atoms with Gasteiger partial charge in [0.25, 0.3) is 0 Å². The minimum Gasteiger partial charge on any atom is -0.482 e. The third-order valence-electron chi connectivity index (χ3n) is 4.11. The Morgan fingerprint density at radius 1 is 1.16 bits per heavy atom. The van der Waals surface area contributed by atoms with Crippen LogP contribution < -0.4 is 4.74 Å². The predicted octanol–water partition coefficient (Wildman–Crippen LogP) is 4.65. The van der Waals surface area contributed by atoms with E-state index in [0.29, 0.717) is 16.3 Å². The number of fused-ring (bicyclic) bond motifs is 1. The first-order chi connectivity index (χ1) is 12.1. The number of ether oxygens (including phenoxy) is 1. The van der Waals surface area contributed by atoms with Gasteiger partial charge in [-0.05, 0) is 61.1 Å². The number of aliphatic carboxylic acids is 1. The van der Waals surface area contributed by atoms with E-state index in [1.807, 2.05) is 18.2 Å². The number of aldehydes is 1. The number of halogens is 1. The van der Waals surface area contributed by atoms with Crippen LogP contribution >= 0.6 is 23.4 Å². The fraction of sp³-hybridized carbons (Fsp3) is 0.263. The van der Waals surface area contributed by atoms with Gasteiger partial charge < -0.3 is 9.84 Å². The molecule has 4 nitrogen and oxygen atoms in total. The summed E-state index contributed by atoms with van der Waals surface area (Å²) in [4.78, 5) is 23.6. The predicted molar refractivity (Wildman–Crippen MR) is 97.2 cm³/mol. The molecule has 2 aromatic carbocycles. The lowest BCUT2D eigenvalue weighted by atomic mass is 9.91. The molecule has 0 unspecified atom stereocenters. The monoisotopic (exact) mass is 376 g/mol. The number of carboxylic acid groups (broad SMARTS) is 1. The third-order valence-corrected chi connectivity index (χ3v) is 5.71. The number of carboxylic acids is 1. The van der Waals surface area contributed by atoms with Gasteiger partial charge in [-0.25, -0.2) is 4.79 Å². The van der Waals surface area contributed by atoms with Crippen LogP contribution in [0.4, 0.5) is 0 Å². The summed E-state index contributed by atoms with van der Waals surface area (Å²) in [6, 6.07) is 9.05. The van der Waals surface area contributed by atoms with Crippen molar-refractivity contribution in [2.75, 3.05) is 6.61 Å². The topological polar surface area (TPSA) is 63.6 Å². The van der Waals surface area contributed by atoms with Gasteiger partial charge in [0.2, 0.25) is 0 Å². The second-order valence-electron chi connectivity index (χ2n) is 5.82. The van der Waals surface area contributed by atoms with E-state index in [0.717, 1.165) is 47.3 Å². The van der Waals surface area contributed by atoms with E-state index >= 15 is 0 Å². The summed E-state index contributed by atoms with van der Waals surface area (Å²) in [5.41, 5.74) is 2.85. The molecule has 2 aromatic rings. The van der Waals surface area contributed by atoms with Gasteiger partial charge in [0.15, 0.2) is 6.61 Å². The third kappa shape index (κ3) is 4.17. The molecule has 6 heteroatoms. The van der Waals surface area contributed by atoms with Crippen molar-refractivity contribution >= 4 is 35.6 Å². The summed E-state index contributed by atoms with van der Waals surface area (Å²) in [5.74, 6) is -0.325. The smallest absolute Gasteiger partial charge is 0.341 e. The van der Waals surface area contributed by atoms with Crippen LogP contribution in [0.5, 0.6) is 5.75 Å². The molecule has 25 heavy (non-hydrogen) atoms. The van der Waals surface area contributed by atoms with Crippen LogP contribution in [0.15, 0.2) is 40.1 Å². The molecule has 0 saturated heterocycles. The lowest BCUT2D eigenvalue weighted by Crippen LogP contribution is -2.13. The van der Waals surface area contributed by atoms with E-state index in [1.165, 1.54) is 5.56 Å². The van der Waals surface area contributed by atoms with Crippen molar-refractivity contribution in [1.29, 1.82) is 0 Å². The summed E-state index contributed by atoms with van der Waals surface area (Å²) in [6.45, 7) is -0.335. The summed E-state index contributed by atoms with van der Waals surface area (Å²) in [7, 11) is 0. The number of hydrogen-bond acceptors (Lipinski definition) is 4. The molecule has 0 radical (unpaired) electrons. The zero-order chi connectivity index (χ0) is 17.8. The van der Waals surface area contributed by atoms with Gasteiger partial charge in [-0.1, -0.05) is 29.4 Å². The van der Waals surface area contributed by atoms with E-state index in [2.05, 4.69) is 0 Å². The minimum atomic E-state index is -0.981. The van der Waals surface area contributed by atoms with Crippen LogP contribution in [0.1, 0.15) is 34.3 Å². The molecule has 0 spiro atoms. The summed E-state index contributed by atoms with van der Waals surface area (Å²) in [5, 5.41) is 9.38. The highest BCUT2D eigenvalue weighted by Crippen LogP contribution is 2.41. The van der Waals surface area contributed by atoms with Gasteiger partial charge in [-0.15, -0.1) is 0 Å². The number of benzene rings is 2. The molecule has 0 amide bonds. The Kier molecular flexibility index (Phi) is 5.66. The first-order valence-corrected chi connectivity index (χ1v) is 9.20. The van der Waals surface area contributed by atoms with Gasteiger partial charge in [-0.2, -0.15) is 0 Å². The van der Waals surface area contributed by atoms with Crippen LogP contribution in [0.3, 0.4) is 0 Å². The zero-order valence-electron chi connectivity index (χ0n) is 13.5. The molecule has 1 aliphatic carbocycles. The lowest BCUT2D eigenvalue weighted by molar-refractivity contribution is -0.139. The molecular formula is C19H17ClO4S. The molecule has 0 fully saturated rings. The number of hydrogen-bond donors (Lipinski definition) is 1. The largest absolute Gasteiger partial charge is 0.482 e. The summed E-state index contributed by atoms with van der Waals surface area (Å²) >= 11 is 7.85. The molecule has 0 aromatic heterocycles. The molecule has 0 bridgehead atoms. The zero-order valence-corrected chi connectivity index (χ0v) is 15.0. The fourth-order valence-corrected chi connectivity index (χ4v) is 4.28. The molecular weight excluding hydrogens is 360 g/mol. The van der Waals surface area contributed by atoms with Crippen LogP contribution in [0.2, 0.25) is 5.02 Å². The average Bonchev–Trinajstić information content (AvgIpc) is 2.62. The quantitative estimate of drug-likeness (QED) is 0.743. The Morgan fingerprint density at radius 3 is 2.56 bits per heavy atom. The Bertz CT molecular complexity index is 819. The van der Waals surface area contributed by atoms with Crippen molar-refractivity contribution < 1.29 is 19.4 Å². The normalized spacial score (nSPS) is 13.2. The summed E-state index contributed by atoms with van der Waals surface area (Å²) < 4.78 is 5.45. The Balaban J connectivity index is 1.91. The molecule has 1 aliphatic rings. The van der Waals surface area contributed by atoms with Gasteiger partial charge >= 0.3 is 5.97 Å². The van der Waals surface area contributed by atoms with E-state index in [1.54, 1.807) is 23.9 Å². The van der Waals surface area contributed by atoms with Gasteiger partial charge in [0.1, 0.15) is 12.0 Å². The molecule has 0 saturated carbocycles. The van der Waals surface area contributed by atoms with Crippen molar-refractivity contribution in [1.82, 2.24) is 0 Å². The van der Waals surface area contributed by atoms with E-state index < -0.39 is 5.97 Å². The second-order valence-corrected chi connectivity index (χ2v) is 7.31. The Hall–Kier alpha value is -1.98. The first kappa shape index (κ1) is 17.8. The maximum Gasteiger partial charge on any atom is 0.341 e. The second kappa shape index (κ2) is 7.93. The molecule has 0 heterocycles. The molecule has 0 aliphatic heterocycles. The lowest BCUT2D eigenvalue weighted by Gasteiger charge is -2.22. The maximum atomic E-state index is 10.8. The first-order valence-electron chi connectivity index (χ1n) is 8.00. The highest BCUT2D eigenvalue weighted by atomic mass is 35.5. The fourth-order valence-electron chi connectivity index (χ4n) is 2.96. The Labute approximate surface area is 155 Å². The van der Waals surface area contributed by atoms with Crippen molar-refractivity contribution in [2.24, 2.45) is 0 Å². The van der Waals surface area contributed by atoms with E-state index in [9.17, 15) is 9.59 Å². The van der Waals surface area contributed by atoms with Crippen molar-refractivity contribution in [3.63, 3.8) is 0 Å². The van der Waals surface area contributed by atoms with Crippen LogP contribution in [-0.4, -0.2) is 24.0 Å². The van der Waals surface area contributed by atoms with Gasteiger partial charge in [0.05, 0.1) is 5.02 Å². The SMILES string of the molecule is O=Cc1ccc(Sc2ccc(OCC(=O)O)c3c2CCCC3)c(Cl)c1. The summed E-state index contributed by atoms with van der Waals surface area (Å²) in [6.07, 6.45) is 4.76. The number of carbonyl (C=O) groups excluding carboxylic acids is 1. The maximum absolute atomic E-state index is 10.8. The molecule has 0 atom stereocenters. The average molecular weight is 377 g/mol. The van der Waals surface area contributed by atoms with Crippen molar-refractivity contribution in [3.8, 4) is 5.75 Å². The number of carbonyl (C=O) groups is 2. The van der Waals surface area contributed by atoms with E-state index in [4.69, 9.17) is 21.4 Å². The molecule has 130 valence electrons. The standard InChI is InChI=1S/C19H17ClO4S/c20-15-9-12(10-21)5-7-18(15)25-17-8-6-16(24-11-19(22)23)13-3-1-2-4-14(13)17/h5-10H,1-4,11H2,(H,22,23). The van der Waals surface area contributed by atoms with Crippen LogP contribution in [0, 0.1) is 0 Å². The van der Waals surface area contributed by atoms with Crippen LogP contribution in [0.25, 0.3) is 0 Å². The Morgan fingerprint density at radius 2 is 1.88 bits per heavy atom. The minimum absolute atomic E-state index is 0.335. The molecule has 3 rings (SSSR count). The van der Waals surface area contributed by atoms with Gasteiger partial charge in [-0.3, -0.25) is 4.79 Å².